The molecule has 0 aliphatic carbocycles. The lowest BCUT2D eigenvalue weighted by atomic mass is 10.5. The molecule has 0 aliphatic heterocycles. The van der Waals surface area contributed by atoms with Crippen LogP contribution in [0.25, 0.3) is 0 Å². The molecule has 0 fully saturated rings. The van der Waals surface area contributed by atoms with Crippen LogP contribution in [0, 0.1) is 0 Å². The minimum absolute atomic E-state index is 0.204. The Morgan fingerprint density at radius 1 is 1.73 bits per heavy atom. The molecule has 0 aliphatic rings. The van der Waals surface area contributed by atoms with Crippen molar-refractivity contribution in [1.82, 2.24) is 0 Å². The molecule has 0 saturated heterocycles. The van der Waals surface area contributed by atoms with Crippen molar-refractivity contribution in [3.05, 3.63) is 0 Å². The first-order valence-electron chi connectivity index (χ1n) is 3.51. The van der Waals surface area contributed by atoms with Gasteiger partial charge in [0.15, 0.2) is 0 Å². The average molecular weight is 175 g/mol. The summed E-state index contributed by atoms with van der Waals surface area (Å²) >= 11 is 1.44. The monoisotopic (exact) mass is 175 g/mol. The molecule has 0 rings (SSSR count). The highest BCUT2D eigenvalue weighted by Gasteiger charge is 1.94. The largest absolute Gasteiger partial charge is 0.481 e. The van der Waals surface area contributed by atoms with Gasteiger partial charge in [-0.25, -0.2) is 0 Å². The highest BCUT2D eigenvalue weighted by Crippen LogP contribution is 2.01. The summed E-state index contributed by atoms with van der Waals surface area (Å²) in [6.45, 7) is 2.69. The molecule has 3 nitrogen and oxygen atoms in total. The lowest BCUT2D eigenvalue weighted by molar-refractivity contribution is -0.133. The van der Waals surface area contributed by atoms with Crippen molar-refractivity contribution < 1.29 is 9.90 Å². The van der Waals surface area contributed by atoms with Crippen LogP contribution in [0.3, 0.4) is 0 Å². The smallest absolute Gasteiger partial charge is 0.313 e. The van der Waals surface area contributed by atoms with E-state index in [9.17, 15) is 4.79 Å². The van der Waals surface area contributed by atoms with E-state index in [4.69, 9.17) is 5.11 Å². The zero-order chi connectivity index (χ0) is 8.53. The number of nitrogens with zero attached hydrogens (tertiary/aromatic N) is 1. The number of hydrogen-bond acceptors (Lipinski definition) is 3. The first-order valence-corrected chi connectivity index (χ1v) is 4.67. The van der Waals surface area contributed by atoms with Gasteiger partial charge in [0.2, 0.25) is 0 Å². The van der Waals surface area contributed by atoms with E-state index in [1.165, 1.54) is 11.8 Å². The van der Waals surface area contributed by atoms with E-state index in [-0.39, 0.29) is 5.75 Å². The molecule has 11 heavy (non-hydrogen) atoms. The van der Waals surface area contributed by atoms with E-state index in [0.29, 0.717) is 0 Å². The fourth-order valence-electron chi connectivity index (χ4n) is 0.546. The van der Waals surface area contributed by atoms with Crippen LogP contribution in [0.5, 0.6) is 0 Å². The van der Waals surface area contributed by atoms with Crippen LogP contribution in [0.2, 0.25) is 0 Å². The van der Waals surface area contributed by atoms with Gasteiger partial charge in [0.1, 0.15) is 0 Å². The highest BCUT2D eigenvalue weighted by atomic mass is 32.2. The molecular weight excluding hydrogens is 162 g/mol. The minimum atomic E-state index is -0.742. The Bertz CT molecular complexity index is 136. The summed E-state index contributed by atoms with van der Waals surface area (Å²) in [5.41, 5.74) is 0. The van der Waals surface area contributed by atoms with E-state index in [2.05, 4.69) is 4.99 Å². The van der Waals surface area contributed by atoms with E-state index in [0.717, 1.165) is 18.7 Å². The molecule has 0 unspecified atom stereocenters. The third-order valence-electron chi connectivity index (χ3n) is 0.984. The average Bonchev–Trinajstić information content (AvgIpc) is 1.96. The van der Waals surface area contributed by atoms with Gasteiger partial charge in [0.05, 0.1) is 5.75 Å². The molecular formula is C7H13NO2S. The summed E-state index contributed by atoms with van der Waals surface area (Å²) < 4.78 is 0. The number of carbonyl (C=O) groups is 1. The Morgan fingerprint density at radius 2 is 2.45 bits per heavy atom. The molecule has 0 aromatic rings. The first kappa shape index (κ1) is 10.5. The molecule has 4 heteroatoms. The Kier molecular flexibility index (Phi) is 7.24. The number of aliphatic carboxylic acids is 1. The molecule has 0 spiro atoms. The summed E-state index contributed by atoms with van der Waals surface area (Å²) in [5, 5.41) is 8.27. The zero-order valence-corrected chi connectivity index (χ0v) is 7.43. The van der Waals surface area contributed by atoms with Crippen molar-refractivity contribution >= 4 is 23.9 Å². The quantitative estimate of drug-likeness (QED) is 0.489. The molecule has 0 amide bonds. The topological polar surface area (TPSA) is 49.7 Å². The molecule has 0 saturated carbocycles. The Morgan fingerprint density at radius 3 is 3.00 bits per heavy atom. The number of rotatable bonds is 6. The Labute approximate surface area is 70.9 Å². The standard InChI is InChI=1S/C7H13NO2S/c1-2-8-4-3-5-11-6-7(9)10/h2H,3-6H2,1H3,(H,9,10). The predicted molar refractivity (Wildman–Crippen MR) is 48.6 cm³/mol. The first-order chi connectivity index (χ1) is 5.27. The van der Waals surface area contributed by atoms with E-state index >= 15 is 0 Å². The van der Waals surface area contributed by atoms with E-state index in [1.807, 2.05) is 6.92 Å². The molecule has 64 valence electrons. The van der Waals surface area contributed by atoms with Crippen molar-refractivity contribution in [2.24, 2.45) is 4.99 Å². The number of hydrogen-bond donors (Lipinski definition) is 1. The van der Waals surface area contributed by atoms with Crippen molar-refractivity contribution in [3.8, 4) is 0 Å². The van der Waals surface area contributed by atoms with Gasteiger partial charge in [-0.15, -0.1) is 0 Å². The van der Waals surface area contributed by atoms with Gasteiger partial charge in [0, 0.05) is 6.54 Å². The summed E-state index contributed by atoms with van der Waals surface area (Å²) in [7, 11) is 0. The van der Waals surface area contributed by atoms with Crippen molar-refractivity contribution in [3.63, 3.8) is 0 Å². The van der Waals surface area contributed by atoms with Gasteiger partial charge < -0.3 is 5.11 Å². The number of aliphatic imine (C=N–C) groups is 1. The second-order valence-electron chi connectivity index (χ2n) is 1.96. The third kappa shape index (κ3) is 9.49. The Hall–Kier alpha value is -0.510. The fourth-order valence-corrected chi connectivity index (χ4v) is 1.20. The summed E-state index contributed by atoms with van der Waals surface area (Å²) in [6, 6.07) is 0. The maximum absolute atomic E-state index is 10.0. The van der Waals surface area contributed by atoms with Gasteiger partial charge in [-0.3, -0.25) is 9.79 Å². The maximum Gasteiger partial charge on any atom is 0.313 e. The third-order valence-corrected chi connectivity index (χ3v) is 2.01. The SMILES string of the molecule is CC=NCCCSCC(=O)O. The van der Waals surface area contributed by atoms with E-state index < -0.39 is 5.97 Å². The second kappa shape index (κ2) is 7.60. The van der Waals surface area contributed by atoms with Crippen LogP contribution in [0.1, 0.15) is 13.3 Å². The molecule has 0 radical (unpaired) electrons. The molecule has 0 aromatic heterocycles. The van der Waals surface area contributed by atoms with Crippen molar-refractivity contribution in [1.29, 1.82) is 0 Å². The van der Waals surface area contributed by atoms with Crippen LogP contribution in [0.15, 0.2) is 4.99 Å². The molecule has 0 aromatic carbocycles. The van der Waals surface area contributed by atoms with Crippen LogP contribution >= 0.6 is 11.8 Å². The normalized spacial score (nSPS) is 10.6. The minimum Gasteiger partial charge on any atom is -0.481 e. The highest BCUT2D eigenvalue weighted by molar-refractivity contribution is 7.99. The van der Waals surface area contributed by atoms with Gasteiger partial charge in [-0.2, -0.15) is 11.8 Å². The van der Waals surface area contributed by atoms with Gasteiger partial charge >= 0.3 is 5.97 Å². The summed E-state index contributed by atoms with van der Waals surface area (Å²) in [5.74, 6) is 0.341. The van der Waals surface area contributed by atoms with Crippen LogP contribution < -0.4 is 0 Å². The summed E-state index contributed by atoms with van der Waals surface area (Å²) in [6.07, 6.45) is 2.73. The number of carboxylic acid groups (broad SMARTS) is 1. The maximum atomic E-state index is 10.0. The molecule has 0 heterocycles. The zero-order valence-electron chi connectivity index (χ0n) is 6.62. The van der Waals surface area contributed by atoms with Crippen LogP contribution in [-0.4, -0.2) is 35.3 Å². The summed E-state index contributed by atoms with van der Waals surface area (Å²) in [4.78, 5) is 14.0. The lowest BCUT2D eigenvalue weighted by Gasteiger charge is -1.94. The van der Waals surface area contributed by atoms with Crippen LogP contribution in [0.4, 0.5) is 0 Å². The van der Waals surface area contributed by atoms with Gasteiger partial charge in [0.25, 0.3) is 0 Å². The Balaban J connectivity index is 2.96. The van der Waals surface area contributed by atoms with Gasteiger partial charge in [-0.1, -0.05) is 0 Å². The van der Waals surface area contributed by atoms with Crippen molar-refractivity contribution in [2.45, 2.75) is 13.3 Å². The predicted octanol–water partition coefficient (Wildman–Crippen LogP) is 1.29. The van der Waals surface area contributed by atoms with E-state index in [1.54, 1.807) is 6.21 Å². The van der Waals surface area contributed by atoms with Crippen molar-refractivity contribution in [2.75, 3.05) is 18.1 Å². The number of thioether (sulfide) groups is 1. The lowest BCUT2D eigenvalue weighted by Crippen LogP contribution is -1.99. The van der Waals surface area contributed by atoms with Crippen LogP contribution in [-0.2, 0) is 4.79 Å². The molecule has 1 N–H and O–H groups in total. The van der Waals surface area contributed by atoms with Gasteiger partial charge in [-0.05, 0) is 25.3 Å². The molecule has 0 atom stereocenters. The second-order valence-corrected chi connectivity index (χ2v) is 3.07. The molecule has 0 bridgehead atoms. The fraction of sp³-hybridized carbons (Fsp3) is 0.714. The number of carboxylic acids is 1.